The summed E-state index contributed by atoms with van der Waals surface area (Å²) in [4.78, 5) is 28.3. The van der Waals surface area contributed by atoms with E-state index in [1.165, 1.54) is 0 Å². The van der Waals surface area contributed by atoms with E-state index in [1.54, 1.807) is 12.0 Å². The van der Waals surface area contributed by atoms with Crippen LogP contribution in [0, 0.1) is 5.92 Å². The normalized spacial score (nSPS) is 18.5. The van der Waals surface area contributed by atoms with Gasteiger partial charge in [0.2, 0.25) is 5.91 Å². The molecule has 1 heterocycles. The first-order valence-corrected chi connectivity index (χ1v) is 10.2. The molecule has 154 valence electrons. The average Bonchev–Trinajstić information content (AvgIpc) is 2.71. The number of nitrogens with one attached hydrogen (secondary N) is 1. The van der Waals surface area contributed by atoms with Crippen molar-refractivity contribution in [1.82, 2.24) is 10.2 Å². The van der Waals surface area contributed by atoms with Crippen molar-refractivity contribution in [1.29, 1.82) is 0 Å². The van der Waals surface area contributed by atoms with Crippen LogP contribution in [0.15, 0.2) is 48.5 Å². The number of nitrogens with zero attached hydrogens (tertiary/aromatic N) is 1. The first-order chi connectivity index (χ1) is 13.8. The van der Waals surface area contributed by atoms with Crippen molar-refractivity contribution in [2.45, 2.75) is 45.7 Å². The maximum Gasteiger partial charge on any atom is 0.255 e. The molecule has 5 heteroatoms. The maximum atomic E-state index is 13.3. The Morgan fingerprint density at radius 1 is 1.21 bits per heavy atom. The zero-order chi connectivity index (χ0) is 21.0. The van der Waals surface area contributed by atoms with Crippen LogP contribution in [0.5, 0.6) is 5.75 Å². The third-order valence-electron chi connectivity index (χ3n) is 5.63. The molecule has 1 aliphatic heterocycles. The van der Waals surface area contributed by atoms with Crippen molar-refractivity contribution in [3.05, 3.63) is 65.2 Å². The number of carbonyl (C=O) groups is 2. The minimum Gasteiger partial charge on any atom is -0.497 e. The SMILES string of the molecule is COc1cccc(CNC(=O)[C@@]2(C)Cc3ccccc3C(=O)N2CCC(C)C)c1. The Bertz CT molecular complexity index is 893. The molecule has 2 aromatic carbocycles. The van der Waals surface area contributed by atoms with E-state index in [2.05, 4.69) is 19.2 Å². The number of carbonyl (C=O) groups excluding carboxylic acids is 2. The number of hydrogen-bond acceptors (Lipinski definition) is 3. The third kappa shape index (κ3) is 4.44. The van der Waals surface area contributed by atoms with Gasteiger partial charge in [0.05, 0.1) is 7.11 Å². The molecular weight excluding hydrogens is 364 g/mol. The van der Waals surface area contributed by atoms with Gasteiger partial charge in [0.25, 0.3) is 5.91 Å². The van der Waals surface area contributed by atoms with Crippen LogP contribution in [-0.4, -0.2) is 35.9 Å². The third-order valence-corrected chi connectivity index (χ3v) is 5.63. The fraction of sp³-hybridized carbons (Fsp3) is 0.417. The average molecular weight is 395 g/mol. The van der Waals surface area contributed by atoms with E-state index in [4.69, 9.17) is 4.74 Å². The van der Waals surface area contributed by atoms with Crippen molar-refractivity contribution in [2.75, 3.05) is 13.7 Å². The van der Waals surface area contributed by atoms with E-state index in [-0.39, 0.29) is 11.8 Å². The molecule has 0 saturated heterocycles. The van der Waals surface area contributed by atoms with E-state index in [0.29, 0.717) is 31.0 Å². The molecular formula is C24H30N2O3. The van der Waals surface area contributed by atoms with E-state index < -0.39 is 5.54 Å². The Kier molecular flexibility index (Phi) is 6.26. The monoisotopic (exact) mass is 394 g/mol. The lowest BCUT2D eigenvalue weighted by molar-refractivity contribution is -0.132. The van der Waals surface area contributed by atoms with Crippen LogP contribution in [-0.2, 0) is 17.8 Å². The highest BCUT2D eigenvalue weighted by atomic mass is 16.5. The Balaban J connectivity index is 1.84. The van der Waals surface area contributed by atoms with Crippen LogP contribution >= 0.6 is 0 Å². The van der Waals surface area contributed by atoms with Crippen LogP contribution in [0.2, 0.25) is 0 Å². The van der Waals surface area contributed by atoms with E-state index >= 15 is 0 Å². The molecule has 0 fully saturated rings. The van der Waals surface area contributed by atoms with Gasteiger partial charge in [0.15, 0.2) is 0 Å². The molecule has 29 heavy (non-hydrogen) atoms. The summed E-state index contributed by atoms with van der Waals surface area (Å²) in [5.74, 6) is 1.01. The van der Waals surface area contributed by atoms with E-state index in [0.717, 1.165) is 23.3 Å². The van der Waals surface area contributed by atoms with E-state index in [9.17, 15) is 9.59 Å². The van der Waals surface area contributed by atoms with Crippen LogP contribution in [0.4, 0.5) is 0 Å². The number of rotatable bonds is 7. The smallest absolute Gasteiger partial charge is 0.255 e. The van der Waals surface area contributed by atoms with Gasteiger partial charge in [-0.3, -0.25) is 9.59 Å². The zero-order valence-corrected chi connectivity index (χ0v) is 17.7. The van der Waals surface area contributed by atoms with Gasteiger partial charge in [-0.25, -0.2) is 0 Å². The number of benzene rings is 2. The molecule has 2 amide bonds. The van der Waals surface area contributed by atoms with E-state index in [1.807, 2.05) is 55.5 Å². The van der Waals surface area contributed by atoms with Crippen molar-refractivity contribution in [3.8, 4) is 5.75 Å². The first kappa shape index (κ1) is 20.9. The minimum atomic E-state index is -0.917. The highest BCUT2D eigenvalue weighted by Crippen LogP contribution is 2.32. The van der Waals surface area contributed by atoms with Crippen molar-refractivity contribution >= 4 is 11.8 Å². The predicted octanol–water partition coefficient (Wildman–Crippen LogP) is 3.81. The number of fused-ring (bicyclic) bond motifs is 1. The topological polar surface area (TPSA) is 58.6 Å². The van der Waals surface area contributed by atoms with Crippen molar-refractivity contribution in [3.63, 3.8) is 0 Å². The lowest BCUT2D eigenvalue weighted by Gasteiger charge is -2.44. The Morgan fingerprint density at radius 2 is 1.97 bits per heavy atom. The predicted molar refractivity (Wildman–Crippen MR) is 114 cm³/mol. The largest absolute Gasteiger partial charge is 0.497 e. The van der Waals surface area contributed by atoms with Crippen molar-refractivity contribution in [2.24, 2.45) is 5.92 Å². The summed E-state index contributed by atoms with van der Waals surface area (Å²) in [6.07, 6.45) is 1.36. The summed E-state index contributed by atoms with van der Waals surface area (Å²) in [5.41, 5.74) is 1.67. The molecule has 2 aromatic rings. The molecule has 1 aliphatic rings. The Morgan fingerprint density at radius 3 is 2.69 bits per heavy atom. The molecule has 0 aromatic heterocycles. The molecule has 0 spiro atoms. The quantitative estimate of drug-likeness (QED) is 0.777. The van der Waals surface area contributed by atoms with Crippen molar-refractivity contribution < 1.29 is 14.3 Å². The van der Waals surface area contributed by atoms with Gasteiger partial charge in [-0.05, 0) is 48.6 Å². The van der Waals surface area contributed by atoms with Gasteiger partial charge in [0.1, 0.15) is 11.3 Å². The standard InChI is InChI=1S/C24H30N2O3/c1-17(2)12-13-26-22(27)21-11-6-5-9-19(21)15-24(26,3)23(28)25-16-18-8-7-10-20(14-18)29-4/h5-11,14,17H,12-13,15-16H2,1-4H3,(H,25,28)/t24-/m1/s1. The highest BCUT2D eigenvalue weighted by Gasteiger charge is 2.46. The molecule has 0 unspecified atom stereocenters. The summed E-state index contributed by atoms with van der Waals surface area (Å²) >= 11 is 0. The minimum absolute atomic E-state index is 0.0634. The van der Waals surface area contributed by atoms with Gasteiger partial charge in [-0.2, -0.15) is 0 Å². The summed E-state index contributed by atoms with van der Waals surface area (Å²) in [6.45, 7) is 7.08. The summed E-state index contributed by atoms with van der Waals surface area (Å²) < 4.78 is 5.26. The Hall–Kier alpha value is -2.82. The van der Waals surface area contributed by atoms with Crippen LogP contribution in [0.25, 0.3) is 0 Å². The summed E-state index contributed by atoms with van der Waals surface area (Å²) in [5, 5.41) is 3.04. The second kappa shape index (κ2) is 8.68. The summed E-state index contributed by atoms with van der Waals surface area (Å²) in [6, 6.07) is 15.2. The molecule has 0 aliphatic carbocycles. The molecule has 0 radical (unpaired) electrons. The van der Waals surface area contributed by atoms with Gasteiger partial charge in [-0.15, -0.1) is 0 Å². The maximum absolute atomic E-state index is 13.3. The van der Waals surface area contributed by atoms with Crippen LogP contribution in [0.1, 0.15) is 48.7 Å². The lowest BCUT2D eigenvalue weighted by atomic mass is 9.82. The fourth-order valence-electron chi connectivity index (χ4n) is 3.81. The molecule has 3 rings (SSSR count). The molecule has 1 atom stereocenters. The number of hydrogen-bond donors (Lipinski definition) is 1. The second-order valence-corrected chi connectivity index (χ2v) is 8.28. The van der Waals surface area contributed by atoms with Gasteiger partial charge in [-0.1, -0.05) is 44.2 Å². The molecule has 5 nitrogen and oxygen atoms in total. The van der Waals surface area contributed by atoms with Crippen LogP contribution < -0.4 is 10.1 Å². The van der Waals surface area contributed by atoms with Gasteiger partial charge >= 0.3 is 0 Å². The molecule has 0 bridgehead atoms. The Labute approximate surface area is 173 Å². The second-order valence-electron chi connectivity index (χ2n) is 8.28. The number of methoxy groups -OCH3 is 1. The molecule has 1 N–H and O–H groups in total. The first-order valence-electron chi connectivity index (χ1n) is 10.2. The zero-order valence-electron chi connectivity index (χ0n) is 17.7. The molecule has 0 saturated carbocycles. The lowest BCUT2D eigenvalue weighted by Crippen LogP contribution is -2.62. The van der Waals surface area contributed by atoms with Crippen LogP contribution in [0.3, 0.4) is 0 Å². The summed E-state index contributed by atoms with van der Waals surface area (Å²) in [7, 11) is 1.62. The number of amides is 2. The van der Waals surface area contributed by atoms with Gasteiger partial charge in [0, 0.05) is 25.1 Å². The fourth-order valence-corrected chi connectivity index (χ4v) is 3.81. The highest BCUT2D eigenvalue weighted by molar-refractivity contribution is 6.02. The van der Waals surface area contributed by atoms with Gasteiger partial charge < -0.3 is 15.0 Å². The number of ether oxygens (including phenoxy) is 1.